The number of amides is 1. The number of carbonyl (C=O) groups is 1. The summed E-state index contributed by atoms with van der Waals surface area (Å²) in [7, 11) is 0. The number of hydrogen-bond donors (Lipinski definition) is 1. The van der Waals surface area contributed by atoms with Gasteiger partial charge < -0.3 is 9.47 Å². The summed E-state index contributed by atoms with van der Waals surface area (Å²) < 4.78 is 12.5. The number of aryl methyl sites for hydroxylation is 2. The predicted octanol–water partition coefficient (Wildman–Crippen LogP) is 5.74. The van der Waals surface area contributed by atoms with Crippen LogP contribution < -0.4 is 14.9 Å². The summed E-state index contributed by atoms with van der Waals surface area (Å²) in [5, 5.41) is 4.11. The zero-order valence-corrected chi connectivity index (χ0v) is 20.1. The van der Waals surface area contributed by atoms with Gasteiger partial charge in [-0.2, -0.15) is 5.10 Å². The number of benzene rings is 3. The van der Waals surface area contributed by atoms with E-state index in [0.29, 0.717) is 24.7 Å². The van der Waals surface area contributed by atoms with Crippen LogP contribution in [0.25, 0.3) is 0 Å². The van der Waals surface area contributed by atoms with Crippen LogP contribution in [0.5, 0.6) is 11.5 Å². The molecule has 0 radical (unpaired) electrons. The number of hydrogen-bond acceptors (Lipinski definition) is 4. The molecule has 0 unspecified atom stereocenters. The molecule has 0 fully saturated rings. The molecule has 0 bridgehead atoms. The summed E-state index contributed by atoms with van der Waals surface area (Å²) in [5.74, 6) is 1.08. The van der Waals surface area contributed by atoms with Crippen molar-refractivity contribution in [2.75, 3.05) is 6.61 Å². The summed E-state index contributed by atoms with van der Waals surface area (Å²) in [6.07, 6.45) is 1.87. The lowest BCUT2D eigenvalue weighted by molar-refractivity contribution is -0.120. The van der Waals surface area contributed by atoms with Gasteiger partial charge in [-0.25, -0.2) is 5.43 Å². The largest absolute Gasteiger partial charge is 0.490 e. The molecule has 166 valence electrons. The number of hydrazone groups is 1. The number of nitrogens with one attached hydrogen (secondary N) is 1. The second kappa shape index (κ2) is 11.5. The van der Waals surface area contributed by atoms with Gasteiger partial charge in [0.25, 0.3) is 0 Å². The maximum Gasteiger partial charge on any atom is 0.244 e. The Morgan fingerprint density at radius 3 is 2.56 bits per heavy atom. The Hall–Kier alpha value is -3.12. The van der Waals surface area contributed by atoms with Crippen LogP contribution in [-0.4, -0.2) is 18.7 Å². The molecule has 0 atom stereocenters. The Labute approximate surface area is 197 Å². The number of ether oxygens (including phenoxy) is 2. The van der Waals surface area contributed by atoms with Crippen molar-refractivity contribution < 1.29 is 14.3 Å². The van der Waals surface area contributed by atoms with E-state index in [9.17, 15) is 4.79 Å². The first kappa shape index (κ1) is 23.5. The molecule has 0 aliphatic carbocycles. The minimum absolute atomic E-state index is 0.167. The van der Waals surface area contributed by atoms with Crippen LogP contribution in [0.15, 0.2) is 70.2 Å². The number of rotatable bonds is 9. The van der Waals surface area contributed by atoms with Crippen LogP contribution in [0.1, 0.15) is 34.7 Å². The molecule has 3 rings (SSSR count). The van der Waals surface area contributed by atoms with Gasteiger partial charge in [-0.1, -0.05) is 54.1 Å². The lowest BCUT2D eigenvalue weighted by Crippen LogP contribution is -2.20. The number of carbonyl (C=O) groups excluding carboxylic acids is 1. The van der Waals surface area contributed by atoms with E-state index in [0.717, 1.165) is 26.7 Å². The predicted molar refractivity (Wildman–Crippen MR) is 131 cm³/mol. The van der Waals surface area contributed by atoms with Gasteiger partial charge in [-0.15, -0.1) is 0 Å². The van der Waals surface area contributed by atoms with Crippen molar-refractivity contribution in [2.45, 2.75) is 33.8 Å². The molecule has 0 aromatic heterocycles. The fraction of sp³-hybridized carbons (Fsp3) is 0.231. The second-order valence-electron chi connectivity index (χ2n) is 7.44. The second-order valence-corrected chi connectivity index (χ2v) is 8.29. The highest BCUT2D eigenvalue weighted by molar-refractivity contribution is 9.10. The van der Waals surface area contributed by atoms with Gasteiger partial charge in [-0.3, -0.25) is 4.79 Å². The fourth-order valence-electron chi connectivity index (χ4n) is 3.23. The summed E-state index contributed by atoms with van der Waals surface area (Å²) >= 11 is 3.57. The molecule has 0 aliphatic heterocycles. The molecule has 3 aromatic carbocycles. The van der Waals surface area contributed by atoms with Crippen molar-refractivity contribution in [3.05, 3.63) is 93.0 Å². The van der Waals surface area contributed by atoms with Gasteiger partial charge in [0.2, 0.25) is 5.91 Å². The van der Waals surface area contributed by atoms with E-state index in [1.54, 1.807) is 6.21 Å². The summed E-state index contributed by atoms with van der Waals surface area (Å²) in [4.78, 5) is 12.3. The topological polar surface area (TPSA) is 59.9 Å². The average Bonchev–Trinajstić information content (AvgIpc) is 2.76. The average molecular weight is 495 g/mol. The molecule has 6 heteroatoms. The standard InChI is InChI=1S/C26H27BrN2O3/c1-4-31-24-14-21(13-23(27)26(24)32-17-20-8-6-5-7-9-20)16-28-29-25(30)15-22-11-10-18(2)12-19(22)3/h5-14,16H,4,15,17H2,1-3H3,(H,29,30)/b28-16+. The maximum atomic E-state index is 12.3. The third kappa shape index (κ3) is 6.69. The first-order chi connectivity index (χ1) is 15.5. The summed E-state index contributed by atoms with van der Waals surface area (Å²) in [5.41, 5.74) is 7.71. The molecule has 1 amide bonds. The Morgan fingerprint density at radius 1 is 1.06 bits per heavy atom. The van der Waals surface area contributed by atoms with Gasteiger partial charge in [-0.05, 0) is 71.1 Å². The zero-order chi connectivity index (χ0) is 22.9. The van der Waals surface area contributed by atoms with Gasteiger partial charge in [0.15, 0.2) is 11.5 Å². The number of nitrogens with zero attached hydrogens (tertiary/aromatic N) is 1. The van der Waals surface area contributed by atoms with E-state index in [1.807, 2.05) is 75.4 Å². The van der Waals surface area contributed by atoms with E-state index in [1.165, 1.54) is 5.56 Å². The molecule has 1 N–H and O–H groups in total. The van der Waals surface area contributed by atoms with E-state index in [-0.39, 0.29) is 12.3 Å². The quantitative estimate of drug-likeness (QED) is 0.305. The van der Waals surface area contributed by atoms with Crippen LogP contribution >= 0.6 is 15.9 Å². The van der Waals surface area contributed by atoms with Crippen molar-refractivity contribution in [3.8, 4) is 11.5 Å². The fourth-order valence-corrected chi connectivity index (χ4v) is 3.80. The van der Waals surface area contributed by atoms with E-state index in [2.05, 4.69) is 32.5 Å². The molecule has 0 saturated carbocycles. The van der Waals surface area contributed by atoms with Crippen molar-refractivity contribution >= 4 is 28.1 Å². The van der Waals surface area contributed by atoms with Crippen molar-refractivity contribution in [2.24, 2.45) is 5.10 Å². The number of halogens is 1. The van der Waals surface area contributed by atoms with Gasteiger partial charge in [0.1, 0.15) is 6.61 Å². The molecule has 3 aromatic rings. The van der Waals surface area contributed by atoms with Crippen molar-refractivity contribution in [1.29, 1.82) is 0 Å². The molecule has 5 nitrogen and oxygen atoms in total. The van der Waals surface area contributed by atoms with Crippen LogP contribution in [0.3, 0.4) is 0 Å². The molecule has 32 heavy (non-hydrogen) atoms. The highest BCUT2D eigenvalue weighted by atomic mass is 79.9. The third-order valence-corrected chi connectivity index (χ3v) is 5.40. The minimum atomic E-state index is -0.167. The van der Waals surface area contributed by atoms with Crippen LogP contribution in [0, 0.1) is 13.8 Å². The zero-order valence-electron chi connectivity index (χ0n) is 18.5. The van der Waals surface area contributed by atoms with Crippen LogP contribution in [0.2, 0.25) is 0 Å². The third-order valence-electron chi connectivity index (χ3n) is 4.81. The lowest BCUT2D eigenvalue weighted by atomic mass is 10.0. The molecular formula is C26H27BrN2O3. The molecular weight excluding hydrogens is 468 g/mol. The van der Waals surface area contributed by atoms with E-state index in [4.69, 9.17) is 9.47 Å². The van der Waals surface area contributed by atoms with Crippen LogP contribution in [0.4, 0.5) is 0 Å². The van der Waals surface area contributed by atoms with Crippen LogP contribution in [-0.2, 0) is 17.8 Å². The first-order valence-electron chi connectivity index (χ1n) is 10.5. The SMILES string of the molecule is CCOc1cc(/C=N/NC(=O)Cc2ccc(C)cc2C)cc(Br)c1OCc1ccccc1. The molecule has 0 saturated heterocycles. The molecule has 0 aliphatic rings. The molecule has 0 heterocycles. The highest BCUT2D eigenvalue weighted by Gasteiger charge is 2.12. The van der Waals surface area contributed by atoms with E-state index >= 15 is 0 Å². The van der Waals surface area contributed by atoms with Crippen molar-refractivity contribution in [3.63, 3.8) is 0 Å². The Balaban J connectivity index is 1.66. The summed E-state index contributed by atoms with van der Waals surface area (Å²) in [6, 6.07) is 19.7. The summed E-state index contributed by atoms with van der Waals surface area (Å²) in [6.45, 7) is 6.90. The van der Waals surface area contributed by atoms with Gasteiger partial charge in [0, 0.05) is 0 Å². The first-order valence-corrected chi connectivity index (χ1v) is 11.3. The maximum absolute atomic E-state index is 12.3. The highest BCUT2D eigenvalue weighted by Crippen LogP contribution is 2.37. The lowest BCUT2D eigenvalue weighted by Gasteiger charge is -2.14. The van der Waals surface area contributed by atoms with E-state index < -0.39 is 0 Å². The monoisotopic (exact) mass is 494 g/mol. The normalized spacial score (nSPS) is 10.9. The van der Waals surface area contributed by atoms with Gasteiger partial charge >= 0.3 is 0 Å². The Morgan fingerprint density at radius 2 is 1.84 bits per heavy atom. The minimum Gasteiger partial charge on any atom is -0.490 e. The molecule has 0 spiro atoms. The van der Waals surface area contributed by atoms with Crippen molar-refractivity contribution in [1.82, 2.24) is 5.43 Å². The van der Waals surface area contributed by atoms with Gasteiger partial charge in [0.05, 0.1) is 23.7 Å². The Bertz CT molecular complexity index is 1100. The Kier molecular flexibility index (Phi) is 8.45. The smallest absolute Gasteiger partial charge is 0.244 e.